The fourth-order valence-electron chi connectivity index (χ4n) is 0.955. The van der Waals surface area contributed by atoms with Crippen molar-refractivity contribution in [3.05, 3.63) is 0 Å². The van der Waals surface area contributed by atoms with Crippen molar-refractivity contribution in [1.82, 2.24) is 10.6 Å². The second kappa shape index (κ2) is 11.1. The van der Waals surface area contributed by atoms with Crippen LogP contribution in [0.2, 0.25) is 0 Å². The summed E-state index contributed by atoms with van der Waals surface area (Å²) in [5, 5.41) is 6.80. The van der Waals surface area contributed by atoms with Crippen molar-refractivity contribution in [2.24, 2.45) is 5.73 Å². The lowest BCUT2D eigenvalue weighted by molar-refractivity contribution is 0.0529. The summed E-state index contributed by atoms with van der Waals surface area (Å²) in [4.78, 5) is 0. The number of hydrogen-bond donors (Lipinski definition) is 3. The third-order valence-electron chi connectivity index (χ3n) is 1.59. The lowest BCUT2D eigenvalue weighted by Crippen LogP contribution is -2.40. The van der Waals surface area contributed by atoms with Crippen molar-refractivity contribution in [1.29, 1.82) is 0 Å². The first-order chi connectivity index (χ1) is 7.66. The van der Waals surface area contributed by atoms with Crippen molar-refractivity contribution < 1.29 is 9.47 Å². The van der Waals surface area contributed by atoms with Crippen molar-refractivity contribution in [3.8, 4) is 0 Å². The predicted molar refractivity (Wildman–Crippen MR) is 69.6 cm³/mol. The molecular weight excluding hydrogens is 226 g/mol. The van der Waals surface area contributed by atoms with Gasteiger partial charge in [-0.15, -0.1) is 0 Å². The fraction of sp³-hybridized carbons (Fsp3) is 0.900. The molecule has 96 valence electrons. The normalized spacial score (nSPS) is 10.5. The number of thiocarbonyl (C=S) groups is 1. The van der Waals surface area contributed by atoms with E-state index in [0.717, 1.165) is 0 Å². The highest BCUT2D eigenvalue weighted by atomic mass is 32.1. The van der Waals surface area contributed by atoms with Crippen LogP contribution in [0.25, 0.3) is 0 Å². The van der Waals surface area contributed by atoms with Gasteiger partial charge in [-0.25, -0.2) is 0 Å². The van der Waals surface area contributed by atoms with Gasteiger partial charge in [0.25, 0.3) is 0 Å². The number of rotatable bonds is 9. The van der Waals surface area contributed by atoms with Crippen LogP contribution in [-0.4, -0.2) is 50.7 Å². The van der Waals surface area contributed by atoms with E-state index >= 15 is 0 Å². The summed E-state index contributed by atoms with van der Waals surface area (Å²) in [5.74, 6) is 0. The summed E-state index contributed by atoms with van der Waals surface area (Å²) in [6, 6.07) is 0.352. The quantitative estimate of drug-likeness (QED) is 0.390. The van der Waals surface area contributed by atoms with Gasteiger partial charge in [-0.05, 0) is 26.1 Å². The molecule has 0 spiro atoms. The zero-order valence-electron chi connectivity index (χ0n) is 10.1. The third-order valence-corrected chi connectivity index (χ3v) is 1.85. The van der Waals surface area contributed by atoms with Gasteiger partial charge in [0.1, 0.15) is 0 Å². The molecule has 0 unspecified atom stereocenters. The van der Waals surface area contributed by atoms with E-state index in [1.54, 1.807) is 0 Å². The van der Waals surface area contributed by atoms with Gasteiger partial charge in [0.15, 0.2) is 5.11 Å². The molecule has 0 aliphatic rings. The molecule has 4 N–H and O–H groups in total. The van der Waals surface area contributed by atoms with E-state index in [0.29, 0.717) is 50.7 Å². The molecule has 0 aromatic carbocycles. The Morgan fingerprint density at radius 2 is 1.81 bits per heavy atom. The van der Waals surface area contributed by atoms with Crippen LogP contribution in [0.5, 0.6) is 0 Å². The minimum absolute atomic E-state index is 0.352. The molecule has 0 saturated heterocycles. The van der Waals surface area contributed by atoms with Crippen LogP contribution in [0, 0.1) is 0 Å². The van der Waals surface area contributed by atoms with E-state index < -0.39 is 0 Å². The Labute approximate surface area is 103 Å². The average molecular weight is 249 g/mol. The van der Waals surface area contributed by atoms with Crippen molar-refractivity contribution in [2.45, 2.75) is 19.9 Å². The summed E-state index contributed by atoms with van der Waals surface area (Å²) in [5.41, 5.74) is 5.27. The van der Waals surface area contributed by atoms with Crippen molar-refractivity contribution in [3.63, 3.8) is 0 Å². The fourth-order valence-corrected chi connectivity index (χ4v) is 1.29. The molecule has 0 saturated carbocycles. The average Bonchev–Trinajstić information content (AvgIpc) is 2.21. The van der Waals surface area contributed by atoms with Crippen molar-refractivity contribution >= 4 is 17.3 Å². The van der Waals surface area contributed by atoms with Crippen molar-refractivity contribution in [2.75, 3.05) is 39.5 Å². The molecule has 0 fully saturated rings. The highest BCUT2D eigenvalue weighted by Crippen LogP contribution is 1.79. The van der Waals surface area contributed by atoms with E-state index in [-0.39, 0.29) is 0 Å². The molecule has 0 aromatic rings. The van der Waals surface area contributed by atoms with Gasteiger partial charge in [0.05, 0.1) is 26.4 Å². The molecule has 0 rings (SSSR count). The molecule has 6 heteroatoms. The maximum Gasteiger partial charge on any atom is 0.166 e. The summed E-state index contributed by atoms with van der Waals surface area (Å²) in [6.45, 7) is 7.72. The minimum Gasteiger partial charge on any atom is -0.378 e. The highest BCUT2D eigenvalue weighted by Gasteiger charge is 1.96. The van der Waals surface area contributed by atoms with Gasteiger partial charge < -0.3 is 25.8 Å². The molecule has 0 atom stereocenters. The Kier molecular flexibility index (Phi) is 10.8. The monoisotopic (exact) mass is 249 g/mol. The summed E-state index contributed by atoms with van der Waals surface area (Å²) >= 11 is 5.05. The van der Waals surface area contributed by atoms with Gasteiger partial charge in [-0.2, -0.15) is 0 Å². The zero-order chi connectivity index (χ0) is 12.2. The number of nitrogens with one attached hydrogen (secondary N) is 2. The lowest BCUT2D eigenvalue weighted by Gasteiger charge is -2.13. The SMILES string of the molecule is CC(C)NC(=S)NCCOCCOCCN. The first kappa shape index (κ1) is 15.6. The second-order valence-electron chi connectivity index (χ2n) is 3.57. The molecule has 0 bridgehead atoms. The standard InChI is InChI=1S/C10H23N3O2S/c1-9(2)13-10(16)12-4-6-15-8-7-14-5-3-11/h9H,3-8,11H2,1-2H3,(H2,12,13,16). The van der Waals surface area contributed by atoms with Crippen LogP contribution >= 0.6 is 12.2 Å². The molecule has 0 aliphatic carbocycles. The number of nitrogens with two attached hydrogens (primary N) is 1. The molecule has 0 radical (unpaired) electrons. The van der Waals surface area contributed by atoms with Crippen LogP contribution in [0.4, 0.5) is 0 Å². The topological polar surface area (TPSA) is 68.5 Å². The van der Waals surface area contributed by atoms with E-state index in [1.807, 2.05) is 13.8 Å². The predicted octanol–water partition coefficient (Wildman–Crippen LogP) is -0.149. The second-order valence-corrected chi connectivity index (χ2v) is 3.98. The first-order valence-corrected chi connectivity index (χ1v) is 5.97. The lowest BCUT2D eigenvalue weighted by atomic mass is 10.4. The summed E-state index contributed by atoms with van der Waals surface area (Å²) in [7, 11) is 0. The van der Waals surface area contributed by atoms with Crippen LogP contribution in [0.15, 0.2) is 0 Å². The molecule has 5 nitrogen and oxygen atoms in total. The number of ether oxygens (including phenoxy) is 2. The molecule has 0 amide bonds. The van der Waals surface area contributed by atoms with Crippen LogP contribution in [0.3, 0.4) is 0 Å². The van der Waals surface area contributed by atoms with E-state index in [2.05, 4.69) is 10.6 Å². The van der Waals surface area contributed by atoms with Crippen LogP contribution in [0.1, 0.15) is 13.8 Å². The maximum absolute atomic E-state index is 5.32. The zero-order valence-corrected chi connectivity index (χ0v) is 10.9. The molecule has 0 aliphatic heterocycles. The Morgan fingerprint density at radius 1 is 1.19 bits per heavy atom. The number of hydrogen-bond acceptors (Lipinski definition) is 4. The Hall–Kier alpha value is -0.430. The van der Waals surface area contributed by atoms with Gasteiger partial charge in [-0.1, -0.05) is 0 Å². The molecule has 0 heterocycles. The Balaban J connectivity index is 3.11. The summed E-state index contributed by atoms with van der Waals surface area (Å²) < 4.78 is 10.5. The van der Waals surface area contributed by atoms with Gasteiger partial charge in [0, 0.05) is 19.1 Å². The van der Waals surface area contributed by atoms with E-state index in [9.17, 15) is 0 Å². The van der Waals surface area contributed by atoms with Gasteiger partial charge in [0.2, 0.25) is 0 Å². The Morgan fingerprint density at radius 3 is 2.38 bits per heavy atom. The smallest absolute Gasteiger partial charge is 0.166 e. The maximum atomic E-state index is 5.32. The van der Waals surface area contributed by atoms with Gasteiger partial charge in [-0.3, -0.25) is 0 Å². The largest absolute Gasteiger partial charge is 0.378 e. The van der Waals surface area contributed by atoms with E-state index in [4.69, 9.17) is 27.4 Å². The highest BCUT2D eigenvalue weighted by molar-refractivity contribution is 7.80. The minimum atomic E-state index is 0.352. The first-order valence-electron chi connectivity index (χ1n) is 5.56. The third kappa shape index (κ3) is 11.6. The molecule has 16 heavy (non-hydrogen) atoms. The summed E-state index contributed by atoms with van der Waals surface area (Å²) in [6.07, 6.45) is 0. The van der Waals surface area contributed by atoms with Crippen LogP contribution < -0.4 is 16.4 Å². The van der Waals surface area contributed by atoms with E-state index in [1.165, 1.54) is 0 Å². The molecule has 0 aromatic heterocycles. The van der Waals surface area contributed by atoms with Gasteiger partial charge >= 0.3 is 0 Å². The Bertz CT molecular complexity index is 179. The molecular formula is C10H23N3O2S. The van der Waals surface area contributed by atoms with Crippen LogP contribution in [-0.2, 0) is 9.47 Å².